The molecule has 192 valence electrons. The maximum absolute atomic E-state index is 8.14. The Labute approximate surface area is 209 Å². The first-order chi connectivity index (χ1) is 17.3. The molecule has 0 aliphatic heterocycles. The van der Waals surface area contributed by atoms with Gasteiger partial charge in [-0.3, -0.25) is 5.41 Å². The molecule has 3 rings (SSSR count). The van der Waals surface area contributed by atoms with Crippen LogP contribution in [0, 0.1) is 5.41 Å². The van der Waals surface area contributed by atoms with Gasteiger partial charge in [-0.15, -0.1) is 0 Å². The summed E-state index contributed by atoms with van der Waals surface area (Å²) in [6.45, 7) is 0. The van der Waals surface area contributed by atoms with Crippen LogP contribution in [0.25, 0.3) is 0 Å². The van der Waals surface area contributed by atoms with E-state index in [2.05, 4.69) is 9.97 Å². The van der Waals surface area contributed by atoms with Crippen molar-refractivity contribution in [2.45, 2.75) is 6.42 Å². The Morgan fingerprint density at radius 3 is 1.67 bits per heavy atom. The van der Waals surface area contributed by atoms with Crippen molar-refractivity contribution >= 4 is 23.4 Å². The molecule has 1 aromatic heterocycles. The SMILES string of the molecule is COc1cc(Cc2cnc(N(C(=N)N)c3cc(OC)c(OC)c(OC)c3)nc2N)cc(OC)c1OC. The zero-order valence-corrected chi connectivity index (χ0v) is 21.0. The van der Waals surface area contributed by atoms with E-state index in [0.29, 0.717) is 52.2 Å². The van der Waals surface area contributed by atoms with E-state index < -0.39 is 0 Å². The van der Waals surface area contributed by atoms with E-state index in [0.717, 1.165) is 5.56 Å². The number of nitrogens with one attached hydrogen (secondary N) is 1. The van der Waals surface area contributed by atoms with Crippen LogP contribution in [0.2, 0.25) is 0 Å². The second kappa shape index (κ2) is 11.2. The molecule has 0 radical (unpaired) electrons. The first-order valence-electron chi connectivity index (χ1n) is 10.7. The normalized spacial score (nSPS) is 10.4. The summed E-state index contributed by atoms with van der Waals surface area (Å²) in [5, 5.41) is 8.14. The lowest BCUT2D eigenvalue weighted by atomic mass is 10.1. The van der Waals surface area contributed by atoms with Crippen LogP contribution < -0.4 is 44.8 Å². The van der Waals surface area contributed by atoms with E-state index in [4.69, 9.17) is 45.3 Å². The highest BCUT2D eigenvalue weighted by Crippen LogP contribution is 2.42. The highest BCUT2D eigenvalue weighted by Gasteiger charge is 2.22. The summed E-state index contributed by atoms with van der Waals surface area (Å²) in [4.78, 5) is 10.1. The first kappa shape index (κ1) is 26.0. The minimum atomic E-state index is -0.332. The Morgan fingerprint density at radius 2 is 1.28 bits per heavy atom. The summed E-state index contributed by atoms with van der Waals surface area (Å²) < 4.78 is 32.4. The lowest BCUT2D eigenvalue weighted by molar-refractivity contribution is 0.324. The number of guanidine groups is 1. The van der Waals surface area contributed by atoms with Gasteiger partial charge in [0.2, 0.25) is 17.4 Å². The Bertz CT molecular complexity index is 1200. The van der Waals surface area contributed by atoms with Gasteiger partial charge in [0.15, 0.2) is 29.0 Å². The fourth-order valence-electron chi connectivity index (χ4n) is 3.67. The number of nitrogens with zero attached hydrogens (tertiary/aromatic N) is 3. The largest absolute Gasteiger partial charge is 0.493 e. The molecule has 3 aromatic rings. The number of hydrogen-bond acceptors (Lipinski definition) is 10. The van der Waals surface area contributed by atoms with Crippen molar-refractivity contribution in [1.29, 1.82) is 5.41 Å². The lowest BCUT2D eigenvalue weighted by Crippen LogP contribution is -2.34. The Hall–Kier alpha value is -4.61. The predicted molar refractivity (Wildman–Crippen MR) is 135 cm³/mol. The molecule has 12 heteroatoms. The smallest absolute Gasteiger partial charge is 0.238 e. The average molecular weight is 499 g/mol. The van der Waals surface area contributed by atoms with Crippen LogP contribution in [0.1, 0.15) is 11.1 Å². The van der Waals surface area contributed by atoms with Crippen molar-refractivity contribution < 1.29 is 28.4 Å². The van der Waals surface area contributed by atoms with Gasteiger partial charge in [-0.2, -0.15) is 4.98 Å². The van der Waals surface area contributed by atoms with Gasteiger partial charge < -0.3 is 39.9 Å². The quantitative estimate of drug-likeness (QED) is 0.278. The van der Waals surface area contributed by atoms with Gasteiger partial charge in [0.05, 0.1) is 48.3 Å². The van der Waals surface area contributed by atoms with Crippen molar-refractivity contribution in [3.8, 4) is 34.5 Å². The molecule has 2 aromatic carbocycles. The summed E-state index contributed by atoms with van der Waals surface area (Å²) in [5.41, 5.74) is 14.1. The number of hydrogen-bond donors (Lipinski definition) is 3. The maximum Gasteiger partial charge on any atom is 0.238 e. The second-order valence-electron chi connectivity index (χ2n) is 7.40. The minimum absolute atomic E-state index is 0.0999. The predicted octanol–water partition coefficient (Wildman–Crippen LogP) is 2.73. The zero-order valence-electron chi connectivity index (χ0n) is 21.0. The summed E-state index contributed by atoms with van der Waals surface area (Å²) in [7, 11) is 9.12. The third-order valence-corrected chi connectivity index (χ3v) is 5.35. The van der Waals surface area contributed by atoms with Crippen LogP contribution in [-0.4, -0.2) is 58.6 Å². The van der Waals surface area contributed by atoms with Crippen LogP contribution in [-0.2, 0) is 6.42 Å². The van der Waals surface area contributed by atoms with Crippen molar-refractivity contribution in [3.63, 3.8) is 0 Å². The lowest BCUT2D eigenvalue weighted by Gasteiger charge is -2.23. The van der Waals surface area contributed by atoms with Crippen LogP contribution in [0.3, 0.4) is 0 Å². The first-order valence-corrected chi connectivity index (χ1v) is 10.7. The van der Waals surface area contributed by atoms with Crippen molar-refractivity contribution in [2.75, 3.05) is 53.3 Å². The second-order valence-corrected chi connectivity index (χ2v) is 7.40. The molecule has 1 heterocycles. The molecule has 0 spiro atoms. The molecule has 12 nitrogen and oxygen atoms in total. The number of aromatic nitrogens is 2. The van der Waals surface area contributed by atoms with E-state index in [1.807, 2.05) is 12.1 Å². The molecule has 0 fully saturated rings. The van der Waals surface area contributed by atoms with Gasteiger partial charge in [0, 0.05) is 30.3 Å². The number of nitrogen functional groups attached to an aromatic ring is 1. The topological polar surface area (TPSA) is 160 Å². The fraction of sp³-hybridized carbons (Fsp3) is 0.292. The van der Waals surface area contributed by atoms with Crippen molar-refractivity contribution in [2.24, 2.45) is 5.73 Å². The summed E-state index contributed by atoms with van der Waals surface area (Å²) in [6.07, 6.45) is 1.97. The third kappa shape index (κ3) is 5.06. The molecular weight excluding hydrogens is 468 g/mol. The summed E-state index contributed by atoms with van der Waals surface area (Å²) in [5.74, 6) is 2.67. The molecule has 0 amide bonds. The van der Waals surface area contributed by atoms with Gasteiger partial charge in [-0.1, -0.05) is 0 Å². The number of rotatable bonds is 10. The fourth-order valence-corrected chi connectivity index (χ4v) is 3.67. The van der Waals surface area contributed by atoms with Gasteiger partial charge in [0.1, 0.15) is 5.82 Å². The molecule has 0 saturated carbocycles. The molecule has 0 aliphatic rings. The molecule has 5 N–H and O–H groups in total. The minimum Gasteiger partial charge on any atom is -0.493 e. The van der Waals surface area contributed by atoms with Gasteiger partial charge in [-0.05, 0) is 17.7 Å². The molecule has 0 aliphatic carbocycles. The Balaban J connectivity index is 2.01. The van der Waals surface area contributed by atoms with E-state index in [1.165, 1.54) is 26.2 Å². The Morgan fingerprint density at radius 1 is 0.806 bits per heavy atom. The zero-order chi connectivity index (χ0) is 26.4. The van der Waals surface area contributed by atoms with E-state index in [9.17, 15) is 0 Å². The van der Waals surface area contributed by atoms with Gasteiger partial charge in [0.25, 0.3) is 0 Å². The number of anilines is 3. The third-order valence-electron chi connectivity index (χ3n) is 5.35. The molecule has 36 heavy (non-hydrogen) atoms. The molecular formula is C24H30N6O6. The van der Waals surface area contributed by atoms with E-state index >= 15 is 0 Å². The average Bonchev–Trinajstić information content (AvgIpc) is 2.88. The van der Waals surface area contributed by atoms with Gasteiger partial charge >= 0.3 is 0 Å². The van der Waals surface area contributed by atoms with Crippen LogP contribution in [0.5, 0.6) is 34.5 Å². The van der Waals surface area contributed by atoms with E-state index in [-0.39, 0.29) is 17.7 Å². The molecule has 0 unspecified atom stereocenters. The van der Waals surface area contributed by atoms with Gasteiger partial charge in [-0.25, -0.2) is 9.88 Å². The molecule has 0 saturated heterocycles. The molecule has 0 bridgehead atoms. The number of benzene rings is 2. The Kier molecular flexibility index (Phi) is 8.10. The van der Waals surface area contributed by atoms with Crippen LogP contribution in [0.15, 0.2) is 30.5 Å². The summed E-state index contributed by atoms with van der Waals surface area (Å²) in [6, 6.07) is 6.91. The standard InChI is InChI=1S/C24H30N6O6/c1-31-16-8-13(9-17(32-2)20(16)35-5)7-14-12-28-24(29-22(14)25)30(23(26)27)15-10-18(33-3)21(36-6)19(11-15)34-4/h8-12H,7H2,1-6H3,(H3,26,27)(H2,25,28,29). The number of nitrogens with two attached hydrogens (primary N) is 2. The highest BCUT2D eigenvalue weighted by atomic mass is 16.5. The molecule has 0 atom stereocenters. The van der Waals surface area contributed by atoms with Crippen LogP contribution in [0.4, 0.5) is 17.5 Å². The van der Waals surface area contributed by atoms with Crippen molar-refractivity contribution in [1.82, 2.24) is 9.97 Å². The van der Waals surface area contributed by atoms with Crippen molar-refractivity contribution in [3.05, 3.63) is 41.6 Å². The monoisotopic (exact) mass is 498 g/mol. The number of ether oxygens (including phenoxy) is 6. The van der Waals surface area contributed by atoms with E-state index in [1.54, 1.807) is 39.7 Å². The number of methoxy groups -OCH3 is 6. The highest BCUT2D eigenvalue weighted by molar-refractivity contribution is 5.99. The summed E-state index contributed by atoms with van der Waals surface area (Å²) >= 11 is 0. The van der Waals surface area contributed by atoms with Crippen LogP contribution >= 0.6 is 0 Å². The maximum atomic E-state index is 8.14.